The van der Waals surface area contributed by atoms with Crippen molar-refractivity contribution in [2.45, 2.75) is 46.7 Å². The molecule has 224 valence electrons. The molecule has 1 aliphatic rings. The molecule has 0 aliphatic carbocycles. The second-order valence-corrected chi connectivity index (χ2v) is 10.5. The van der Waals surface area contributed by atoms with Crippen LogP contribution in [0.4, 0.5) is 24.8 Å². The Morgan fingerprint density at radius 1 is 1.07 bits per heavy atom. The van der Waals surface area contributed by atoms with E-state index in [4.69, 9.17) is 5.41 Å². The fraction of sp³-hybridized carbons (Fsp3) is 0.400. The second-order valence-electron chi connectivity index (χ2n) is 10.5. The summed E-state index contributed by atoms with van der Waals surface area (Å²) in [7, 11) is 1.69. The van der Waals surface area contributed by atoms with Gasteiger partial charge in [0.05, 0.1) is 22.5 Å². The summed E-state index contributed by atoms with van der Waals surface area (Å²) in [5, 5.41) is 13.7. The van der Waals surface area contributed by atoms with Gasteiger partial charge in [0.15, 0.2) is 0 Å². The van der Waals surface area contributed by atoms with Gasteiger partial charge in [-0.3, -0.25) is 15.0 Å². The van der Waals surface area contributed by atoms with Crippen molar-refractivity contribution < 1.29 is 22.8 Å². The van der Waals surface area contributed by atoms with Gasteiger partial charge in [0.1, 0.15) is 18.0 Å². The summed E-state index contributed by atoms with van der Waals surface area (Å²) in [5.74, 6) is 0.862. The van der Waals surface area contributed by atoms with E-state index < -0.39 is 17.6 Å². The Balaban J connectivity index is 0.000000337. The molecule has 1 fully saturated rings. The number of nitrogens with one attached hydrogen (secondary N) is 3. The third-order valence-electron chi connectivity index (χ3n) is 6.75. The largest absolute Gasteiger partial charge is 0.416 e. The van der Waals surface area contributed by atoms with Crippen LogP contribution in [0.1, 0.15) is 66.4 Å². The van der Waals surface area contributed by atoms with Crippen LogP contribution in [0.2, 0.25) is 0 Å². The summed E-state index contributed by atoms with van der Waals surface area (Å²) in [5.41, 5.74) is 1.15. The lowest BCUT2D eigenvalue weighted by Crippen LogP contribution is -2.41. The molecule has 2 amide bonds. The first-order valence-corrected chi connectivity index (χ1v) is 13.6. The maximum Gasteiger partial charge on any atom is 0.416 e. The molecule has 9 nitrogen and oxygen atoms in total. The molecule has 0 radical (unpaired) electrons. The second kappa shape index (κ2) is 14.0. The maximum absolute atomic E-state index is 12.8. The molecule has 1 unspecified atom stereocenters. The van der Waals surface area contributed by atoms with Crippen LogP contribution in [0, 0.1) is 24.2 Å². The molecule has 12 heteroatoms. The van der Waals surface area contributed by atoms with E-state index in [0.717, 1.165) is 31.4 Å². The molecule has 4 rings (SSSR count). The number of hydrogen-bond donors (Lipinski definition) is 3. The average Bonchev–Trinajstić information content (AvgIpc) is 2.96. The van der Waals surface area contributed by atoms with Crippen molar-refractivity contribution in [2.75, 3.05) is 30.8 Å². The quantitative estimate of drug-likeness (QED) is 0.315. The first-order chi connectivity index (χ1) is 19.8. The van der Waals surface area contributed by atoms with E-state index in [-0.39, 0.29) is 23.0 Å². The van der Waals surface area contributed by atoms with E-state index in [9.17, 15) is 22.8 Å². The Kier molecular flexibility index (Phi) is 10.7. The molecule has 1 aliphatic heterocycles. The minimum Gasteiger partial charge on any atom is -0.372 e. The van der Waals surface area contributed by atoms with Gasteiger partial charge in [0.2, 0.25) is 5.91 Å². The van der Waals surface area contributed by atoms with Crippen LogP contribution in [-0.4, -0.2) is 57.5 Å². The number of nitrogens with zero attached hydrogens (tertiary/aromatic N) is 4. The van der Waals surface area contributed by atoms with Gasteiger partial charge in [0.25, 0.3) is 5.91 Å². The average molecular weight is 584 g/mol. The molecule has 1 aromatic carbocycles. The van der Waals surface area contributed by atoms with Gasteiger partial charge < -0.3 is 15.5 Å². The molecule has 1 atom stereocenters. The molecule has 1 saturated heterocycles. The summed E-state index contributed by atoms with van der Waals surface area (Å²) in [6, 6.07) is 7.69. The number of alkyl halides is 3. The third-order valence-corrected chi connectivity index (χ3v) is 6.75. The van der Waals surface area contributed by atoms with E-state index >= 15 is 0 Å². The molecule has 3 N–H and O–H groups in total. The molecule has 3 aromatic rings. The SMILES string of the molecule is CC1CCCN(C(=O)C(C)C)C1.CNc1ncnc(C)c1C(=N)c1ccc(C(=O)Nc2cc(C(F)(F)F)ccn2)cc1. The minimum atomic E-state index is -4.53. The molecule has 0 bridgehead atoms. The van der Waals surface area contributed by atoms with Crippen molar-refractivity contribution in [3.63, 3.8) is 0 Å². The lowest BCUT2D eigenvalue weighted by atomic mass is 9.99. The van der Waals surface area contributed by atoms with Crippen LogP contribution >= 0.6 is 0 Å². The highest BCUT2D eigenvalue weighted by atomic mass is 19.4. The molecule has 0 saturated carbocycles. The number of rotatable bonds is 6. The highest BCUT2D eigenvalue weighted by Crippen LogP contribution is 2.30. The number of aryl methyl sites for hydroxylation is 1. The topological polar surface area (TPSA) is 124 Å². The fourth-order valence-electron chi connectivity index (χ4n) is 4.51. The molecule has 0 spiro atoms. The maximum atomic E-state index is 12.8. The number of piperidine rings is 1. The summed E-state index contributed by atoms with van der Waals surface area (Å²) in [6.07, 6.45) is 0.303. The first-order valence-electron chi connectivity index (χ1n) is 13.6. The van der Waals surface area contributed by atoms with Crippen LogP contribution in [0.25, 0.3) is 0 Å². The normalized spacial score (nSPS) is 15.0. The lowest BCUT2D eigenvalue weighted by Gasteiger charge is -2.32. The van der Waals surface area contributed by atoms with Crippen molar-refractivity contribution in [2.24, 2.45) is 11.8 Å². The van der Waals surface area contributed by atoms with E-state index in [0.29, 0.717) is 34.5 Å². The van der Waals surface area contributed by atoms with Gasteiger partial charge >= 0.3 is 6.18 Å². The molecular weight excluding hydrogens is 547 g/mol. The number of benzene rings is 1. The number of pyridine rings is 1. The number of carbonyl (C=O) groups is 2. The zero-order valence-electron chi connectivity index (χ0n) is 24.3. The highest BCUT2D eigenvalue weighted by Gasteiger charge is 2.31. The van der Waals surface area contributed by atoms with Crippen LogP contribution in [0.5, 0.6) is 0 Å². The van der Waals surface area contributed by atoms with Crippen molar-refractivity contribution in [3.8, 4) is 0 Å². The van der Waals surface area contributed by atoms with Gasteiger partial charge in [-0.05, 0) is 49.9 Å². The van der Waals surface area contributed by atoms with Crippen LogP contribution < -0.4 is 10.6 Å². The summed E-state index contributed by atoms with van der Waals surface area (Å²) in [6.45, 7) is 9.87. The van der Waals surface area contributed by atoms with Crippen LogP contribution in [-0.2, 0) is 11.0 Å². The molecule has 42 heavy (non-hydrogen) atoms. The highest BCUT2D eigenvalue weighted by molar-refractivity contribution is 6.14. The van der Waals surface area contributed by atoms with Gasteiger partial charge in [-0.1, -0.05) is 32.9 Å². The molecular formula is C30H36F3N7O2. The van der Waals surface area contributed by atoms with Crippen LogP contribution in [0.3, 0.4) is 0 Å². The van der Waals surface area contributed by atoms with Gasteiger partial charge in [-0.15, -0.1) is 0 Å². The summed E-state index contributed by atoms with van der Waals surface area (Å²) < 4.78 is 38.4. The fourth-order valence-corrected chi connectivity index (χ4v) is 4.51. The van der Waals surface area contributed by atoms with Gasteiger partial charge in [-0.25, -0.2) is 15.0 Å². The third kappa shape index (κ3) is 8.34. The van der Waals surface area contributed by atoms with Crippen LogP contribution in [0.15, 0.2) is 48.9 Å². The van der Waals surface area contributed by atoms with E-state index in [2.05, 4.69) is 32.5 Å². The van der Waals surface area contributed by atoms with E-state index in [1.54, 1.807) is 26.1 Å². The smallest absolute Gasteiger partial charge is 0.372 e. The van der Waals surface area contributed by atoms with E-state index in [1.165, 1.54) is 31.3 Å². The number of halogens is 3. The number of aromatic nitrogens is 3. The Bertz CT molecular complexity index is 1410. The lowest BCUT2D eigenvalue weighted by molar-refractivity contribution is -0.137. The molecule has 3 heterocycles. The van der Waals surface area contributed by atoms with Crippen molar-refractivity contribution in [1.82, 2.24) is 19.9 Å². The molecule has 2 aromatic heterocycles. The first kappa shape index (κ1) is 32.2. The summed E-state index contributed by atoms with van der Waals surface area (Å²) in [4.78, 5) is 37.9. The van der Waals surface area contributed by atoms with Crippen molar-refractivity contribution in [1.29, 1.82) is 5.41 Å². The standard InChI is InChI=1S/C20H17F3N6O.C10H19NO/c1-11-16(18(25-2)28-10-27-11)17(24)12-3-5-13(6-4-12)19(30)29-15-9-14(7-8-26-15)20(21,22)23;1-8(2)10(12)11-6-4-5-9(3)7-11/h3-10,24H,1-2H3,(H,25,27,28)(H,26,29,30);8-9H,4-7H2,1-3H3. The Labute approximate surface area is 243 Å². The van der Waals surface area contributed by atoms with E-state index in [1.807, 2.05) is 18.7 Å². The number of hydrogen-bond acceptors (Lipinski definition) is 7. The zero-order chi connectivity index (χ0) is 31.0. The van der Waals surface area contributed by atoms with Gasteiger partial charge in [-0.2, -0.15) is 13.2 Å². The number of anilines is 2. The number of amides is 2. The monoisotopic (exact) mass is 583 g/mol. The van der Waals surface area contributed by atoms with Crippen molar-refractivity contribution in [3.05, 3.63) is 76.9 Å². The predicted octanol–water partition coefficient (Wildman–Crippen LogP) is 5.81. The minimum absolute atomic E-state index is 0.162. The Morgan fingerprint density at radius 2 is 1.74 bits per heavy atom. The summed E-state index contributed by atoms with van der Waals surface area (Å²) >= 11 is 0. The zero-order valence-corrected chi connectivity index (χ0v) is 24.3. The van der Waals surface area contributed by atoms with Gasteiger partial charge in [0, 0.05) is 43.4 Å². The number of carbonyl (C=O) groups excluding carboxylic acids is 2. The van der Waals surface area contributed by atoms with Crippen molar-refractivity contribution >= 4 is 29.2 Å². The Hall–Kier alpha value is -4.35. The predicted molar refractivity (Wildman–Crippen MR) is 156 cm³/mol. The number of likely N-dealkylation sites (tertiary alicyclic amines) is 1. The Morgan fingerprint density at radius 3 is 2.33 bits per heavy atom.